The second-order valence-corrected chi connectivity index (χ2v) is 3.45. The zero-order valence-corrected chi connectivity index (χ0v) is 8.00. The molecule has 2 N–H and O–H groups in total. The molecule has 1 fully saturated rings. The maximum Gasteiger partial charge on any atom is 0.356 e. The fourth-order valence-electron chi connectivity index (χ4n) is 1.54. The van der Waals surface area contributed by atoms with Crippen LogP contribution in [0, 0.1) is 0 Å². The molecular formula is C9H11N3O3. The Morgan fingerprint density at radius 3 is 2.73 bits per heavy atom. The molecule has 2 rings (SSSR count). The molecule has 0 bridgehead atoms. The minimum atomic E-state index is -1.09. The van der Waals surface area contributed by atoms with E-state index in [2.05, 4.69) is 9.97 Å². The molecule has 15 heavy (non-hydrogen) atoms. The molecule has 0 aromatic carbocycles. The third-order valence-corrected chi connectivity index (χ3v) is 2.34. The standard InChI is InChI=1S/C9H11N3O3/c13-6-1-2-12(5-6)8-4-10-7(3-11-8)9(14)15/h3-4,6,13H,1-2,5H2,(H,14,15). The summed E-state index contributed by atoms with van der Waals surface area (Å²) in [5, 5.41) is 17.9. The zero-order chi connectivity index (χ0) is 10.8. The molecule has 0 saturated carbocycles. The van der Waals surface area contributed by atoms with Gasteiger partial charge >= 0.3 is 5.97 Å². The van der Waals surface area contributed by atoms with Crippen molar-refractivity contribution >= 4 is 11.8 Å². The molecule has 0 radical (unpaired) electrons. The Morgan fingerprint density at radius 1 is 1.47 bits per heavy atom. The first-order valence-corrected chi connectivity index (χ1v) is 4.65. The number of carboxylic acid groups (broad SMARTS) is 1. The summed E-state index contributed by atoms with van der Waals surface area (Å²) in [5.74, 6) is -0.480. The quantitative estimate of drug-likeness (QED) is 0.698. The summed E-state index contributed by atoms with van der Waals surface area (Å²) < 4.78 is 0. The molecular weight excluding hydrogens is 198 g/mol. The Balaban J connectivity index is 2.13. The maximum atomic E-state index is 10.5. The monoisotopic (exact) mass is 209 g/mol. The van der Waals surface area contributed by atoms with Crippen LogP contribution in [0.15, 0.2) is 12.4 Å². The van der Waals surface area contributed by atoms with Crippen LogP contribution in [-0.4, -0.2) is 45.3 Å². The topological polar surface area (TPSA) is 86.5 Å². The van der Waals surface area contributed by atoms with Crippen LogP contribution in [0.2, 0.25) is 0 Å². The van der Waals surface area contributed by atoms with E-state index in [-0.39, 0.29) is 11.8 Å². The van der Waals surface area contributed by atoms with E-state index in [9.17, 15) is 9.90 Å². The van der Waals surface area contributed by atoms with Crippen molar-refractivity contribution in [2.45, 2.75) is 12.5 Å². The number of hydrogen-bond donors (Lipinski definition) is 2. The number of aromatic nitrogens is 2. The number of aliphatic hydroxyl groups excluding tert-OH is 1. The van der Waals surface area contributed by atoms with Crippen molar-refractivity contribution in [3.8, 4) is 0 Å². The van der Waals surface area contributed by atoms with E-state index in [0.717, 1.165) is 6.54 Å². The second-order valence-electron chi connectivity index (χ2n) is 3.45. The number of nitrogens with zero attached hydrogens (tertiary/aromatic N) is 3. The summed E-state index contributed by atoms with van der Waals surface area (Å²) in [5.41, 5.74) is -0.0708. The van der Waals surface area contributed by atoms with Crippen molar-refractivity contribution in [1.82, 2.24) is 9.97 Å². The molecule has 1 aliphatic rings. The van der Waals surface area contributed by atoms with Gasteiger partial charge in [-0.3, -0.25) is 0 Å². The van der Waals surface area contributed by atoms with E-state index < -0.39 is 5.97 Å². The smallest absolute Gasteiger partial charge is 0.356 e. The minimum Gasteiger partial charge on any atom is -0.476 e. The van der Waals surface area contributed by atoms with E-state index in [0.29, 0.717) is 18.8 Å². The predicted octanol–water partition coefficient (Wildman–Crippen LogP) is -0.254. The van der Waals surface area contributed by atoms with Gasteiger partial charge in [0.25, 0.3) is 0 Å². The first-order valence-electron chi connectivity index (χ1n) is 4.65. The second kappa shape index (κ2) is 3.82. The Bertz CT molecular complexity index is 365. The van der Waals surface area contributed by atoms with Gasteiger partial charge in [0.05, 0.1) is 18.5 Å². The molecule has 1 saturated heterocycles. The lowest BCUT2D eigenvalue weighted by Crippen LogP contribution is -2.22. The van der Waals surface area contributed by atoms with Gasteiger partial charge in [0.15, 0.2) is 5.69 Å². The van der Waals surface area contributed by atoms with Crippen LogP contribution in [0.4, 0.5) is 5.82 Å². The summed E-state index contributed by atoms with van der Waals surface area (Å²) in [6, 6.07) is 0. The Morgan fingerprint density at radius 2 is 2.27 bits per heavy atom. The van der Waals surface area contributed by atoms with Crippen molar-refractivity contribution in [3.05, 3.63) is 18.1 Å². The number of carbonyl (C=O) groups is 1. The van der Waals surface area contributed by atoms with Gasteiger partial charge in [-0.05, 0) is 6.42 Å². The average molecular weight is 209 g/mol. The maximum absolute atomic E-state index is 10.5. The number of carboxylic acids is 1. The van der Waals surface area contributed by atoms with E-state index in [1.165, 1.54) is 12.4 Å². The van der Waals surface area contributed by atoms with E-state index in [1.54, 1.807) is 0 Å². The summed E-state index contributed by atoms with van der Waals surface area (Å²) >= 11 is 0. The van der Waals surface area contributed by atoms with Crippen LogP contribution in [-0.2, 0) is 0 Å². The predicted molar refractivity (Wildman–Crippen MR) is 51.8 cm³/mol. The zero-order valence-electron chi connectivity index (χ0n) is 8.00. The van der Waals surface area contributed by atoms with Crippen LogP contribution < -0.4 is 4.90 Å². The number of hydrogen-bond acceptors (Lipinski definition) is 5. The number of aliphatic hydroxyl groups is 1. The number of anilines is 1. The molecule has 80 valence electrons. The van der Waals surface area contributed by atoms with Crippen molar-refractivity contribution in [3.63, 3.8) is 0 Å². The lowest BCUT2D eigenvalue weighted by Gasteiger charge is -2.15. The molecule has 0 spiro atoms. The molecule has 0 aliphatic carbocycles. The van der Waals surface area contributed by atoms with E-state index >= 15 is 0 Å². The third-order valence-electron chi connectivity index (χ3n) is 2.34. The first kappa shape index (κ1) is 9.85. The van der Waals surface area contributed by atoms with Gasteiger partial charge in [0.1, 0.15) is 5.82 Å². The van der Waals surface area contributed by atoms with Crippen LogP contribution >= 0.6 is 0 Å². The molecule has 1 aliphatic heterocycles. The van der Waals surface area contributed by atoms with Crippen LogP contribution in [0.25, 0.3) is 0 Å². The lowest BCUT2D eigenvalue weighted by atomic mass is 10.3. The van der Waals surface area contributed by atoms with Gasteiger partial charge in [0, 0.05) is 13.1 Å². The van der Waals surface area contributed by atoms with Crippen LogP contribution in [0.3, 0.4) is 0 Å². The highest BCUT2D eigenvalue weighted by Gasteiger charge is 2.21. The molecule has 2 heterocycles. The van der Waals surface area contributed by atoms with Gasteiger partial charge in [-0.2, -0.15) is 0 Å². The Labute approximate surface area is 86.2 Å². The first-order chi connectivity index (χ1) is 7.16. The summed E-state index contributed by atoms with van der Waals surface area (Å²) in [6.07, 6.45) is 3.03. The van der Waals surface area contributed by atoms with Crippen molar-refractivity contribution in [1.29, 1.82) is 0 Å². The molecule has 1 aromatic heterocycles. The van der Waals surface area contributed by atoms with Gasteiger partial charge < -0.3 is 15.1 Å². The molecule has 6 nitrogen and oxygen atoms in total. The molecule has 1 unspecified atom stereocenters. The average Bonchev–Trinajstić information content (AvgIpc) is 2.65. The van der Waals surface area contributed by atoms with Gasteiger partial charge in [-0.15, -0.1) is 0 Å². The van der Waals surface area contributed by atoms with Gasteiger partial charge in [-0.1, -0.05) is 0 Å². The van der Waals surface area contributed by atoms with Crippen LogP contribution in [0.5, 0.6) is 0 Å². The summed E-state index contributed by atoms with van der Waals surface area (Å²) in [4.78, 5) is 20.2. The minimum absolute atomic E-state index is 0.0708. The van der Waals surface area contributed by atoms with Crippen LogP contribution in [0.1, 0.15) is 16.9 Å². The lowest BCUT2D eigenvalue weighted by molar-refractivity contribution is 0.0690. The van der Waals surface area contributed by atoms with E-state index in [4.69, 9.17) is 5.11 Å². The van der Waals surface area contributed by atoms with Crippen molar-refractivity contribution in [2.24, 2.45) is 0 Å². The molecule has 6 heteroatoms. The molecule has 0 amide bonds. The molecule has 1 aromatic rings. The Hall–Kier alpha value is -1.69. The van der Waals surface area contributed by atoms with Crippen molar-refractivity contribution in [2.75, 3.05) is 18.0 Å². The fraction of sp³-hybridized carbons (Fsp3) is 0.444. The van der Waals surface area contributed by atoms with Gasteiger partial charge in [0.2, 0.25) is 0 Å². The number of aromatic carboxylic acids is 1. The third kappa shape index (κ3) is 2.04. The Kier molecular flexibility index (Phi) is 2.51. The summed E-state index contributed by atoms with van der Waals surface area (Å²) in [7, 11) is 0. The number of rotatable bonds is 2. The number of β-amino-alcohol motifs (C(OH)–C–C–N with tert-alkyl or cyclic N) is 1. The highest BCUT2D eigenvalue weighted by molar-refractivity contribution is 5.84. The fourth-order valence-corrected chi connectivity index (χ4v) is 1.54. The highest BCUT2D eigenvalue weighted by atomic mass is 16.4. The highest BCUT2D eigenvalue weighted by Crippen LogP contribution is 2.16. The largest absolute Gasteiger partial charge is 0.476 e. The normalized spacial score (nSPS) is 20.6. The summed E-state index contributed by atoms with van der Waals surface area (Å²) in [6.45, 7) is 1.25. The molecule has 1 atom stereocenters. The SMILES string of the molecule is O=C(O)c1cnc(N2CCC(O)C2)cn1. The van der Waals surface area contributed by atoms with Crippen molar-refractivity contribution < 1.29 is 15.0 Å². The van der Waals surface area contributed by atoms with E-state index in [1.807, 2.05) is 4.90 Å². The van der Waals surface area contributed by atoms with Gasteiger partial charge in [-0.25, -0.2) is 14.8 Å².